The molecule has 8 heteroatoms. The van der Waals surface area contributed by atoms with Crippen molar-refractivity contribution in [3.05, 3.63) is 52.6 Å². The molecule has 158 valence electrons. The van der Waals surface area contributed by atoms with Crippen LogP contribution in [0, 0.1) is 5.82 Å². The van der Waals surface area contributed by atoms with Gasteiger partial charge in [-0.3, -0.25) is 0 Å². The standard InChI is InChI=1S/C22H22FNO6/c1-5-6-11-14-17(23)12-9-7-8-10-13(12)18-15(20(25)28-2)16(21(26)29-3)19(24(14)18)22(27)30-4/h7-10H,5-6,11H2,1-4H3. The largest absolute Gasteiger partial charge is 0.465 e. The first-order valence-corrected chi connectivity index (χ1v) is 9.45. The van der Waals surface area contributed by atoms with Crippen LogP contribution in [0.5, 0.6) is 0 Å². The van der Waals surface area contributed by atoms with Crippen LogP contribution >= 0.6 is 0 Å². The van der Waals surface area contributed by atoms with Gasteiger partial charge in [-0.1, -0.05) is 37.6 Å². The zero-order valence-electron chi connectivity index (χ0n) is 17.2. The van der Waals surface area contributed by atoms with Crippen LogP contribution in [-0.4, -0.2) is 43.6 Å². The number of hydrogen-bond donors (Lipinski definition) is 0. The molecule has 0 aliphatic rings. The molecule has 0 spiro atoms. The number of hydrogen-bond acceptors (Lipinski definition) is 6. The van der Waals surface area contributed by atoms with E-state index < -0.39 is 23.7 Å². The number of carbonyl (C=O) groups is 3. The van der Waals surface area contributed by atoms with E-state index in [0.29, 0.717) is 11.8 Å². The molecule has 2 heterocycles. The molecule has 7 nitrogen and oxygen atoms in total. The first-order valence-electron chi connectivity index (χ1n) is 9.45. The molecule has 0 bridgehead atoms. The van der Waals surface area contributed by atoms with E-state index in [2.05, 4.69) is 0 Å². The highest BCUT2D eigenvalue weighted by molar-refractivity contribution is 6.19. The molecule has 0 saturated heterocycles. The van der Waals surface area contributed by atoms with E-state index in [9.17, 15) is 14.4 Å². The number of ether oxygens (including phenoxy) is 3. The third-order valence-electron chi connectivity index (χ3n) is 5.04. The fourth-order valence-electron chi connectivity index (χ4n) is 3.69. The molecular weight excluding hydrogens is 393 g/mol. The van der Waals surface area contributed by atoms with Crippen molar-refractivity contribution in [2.75, 3.05) is 21.3 Å². The quantitative estimate of drug-likeness (QED) is 0.448. The van der Waals surface area contributed by atoms with Gasteiger partial charge in [-0.05, 0) is 12.8 Å². The molecule has 0 aliphatic heterocycles. The van der Waals surface area contributed by atoms with E-state index in [1.807, 2.05) is 6.92 Å². The molecule has 0 unspecified atom stereocenters. The number of fused-ring (bicyclic) bond motifs is 3. The molecule has 3 aromatic rings. The number of aromatic nitrogens is 1. The second-order valence-corrected chi connectivity index (χ2v) is 6.67. The minimum Gasteiger partial charge on any atom is -0.465 e. The number of unbranched alkanes of at least 4 members (excludes halogenated alkanes) is 1. The van der Waals surface area contributed by atoms with Crippen molar-refractivity contribution in [2.45, 2.75) is 26.2 Å². The van der Waals surface area contributed by atoms with Crippen molar-refractivity contribution in [2.24, 2.45) is 0 Å². The van der Waals surface area contributed by atoms with Gasteiger partial charge in [0.25, 0.3) is 0 Å². The molecular formula is C22H22FNO6. The number of rotatable bonds is 6. The van der Waals surface area contributed by atoms with Gasteiger partial charge in [-0.2, -0.15) is 0 Å². The minimum absolute atomic E-state index is 0.168. The van der Waals surface area contributed by atoms with Gasteiger partial charge < -0.3 is 18.6 Å². The normalized spacial score (nSPS) is 11.0. The Labute approximate surface area is 172 Å². The average Bonchev–Trinajstić information content (AvgIpc) is 3.13. The highest BCUT2D eigenvalue weighted by atomic mass is 19.1. The fourth-order valence-corrected chi connectivity index (χ4v) is 3.69. The highest BCUT2D eigenvalue weighted by Gasteiger charge is 2.36. The monoisotopic (exact) mass is 415 g/mol. The summed E-state index contributed by atoms with van der Waals surface area (Å²) in [6, 6.07) is 6.56. The Hall–Kier alpha value is -3.42. The second kappa shape index (κ2) is 8.52. The Bertz CT molecular complexity index is 1160. The predicted molar refractivity (Wildman–Crippen MR) is 107 cm³/mol. The number of esters is 3. The first-order chi connectivity index (χ1) is 14.4. The third kappa shape index (κ3) is 3.18. The van der Waals surface area contributed by atoms with Crippen molar-refractivity contribution in [3.8, 4) is 0 Å². The summed E-state index contributed by atoms with van der Waals surface area (Å²) in [5.74, 6) is -3.20. The number of aryl methyl sites for hydroxylation is 1. The van der Waals surface area contributed by atoms with Crippen LogP contribution in [0.25, 0.3) is 16.3 Å². The molecule has 0 N–H and O–H groups in total. The fraction of sp³-hybridized carbons (Fsp3) is 0.318. The maximum atomic E-state index is 15.6. The Morgan fingerprint density at radius 2 is 1.47 bits per heavy atom. The lowest BCUT2D eigenvalue weighted by molar-refractivity contribution is 0.0536. The highest BCUT2D eigenvalue weighted by Crippen LogP contribution is 2.35. The van der Waals surface area contributed by atoms with Crippen molar-refractivity contribution in [3.63, 3.8) is 0 Å². The average molecular weight is 415 g/mol. The molecule has 0 aliphatic carbocycles. The maximum absolute atomic E-state index is 15.6. The summed E-state index contributed by atoms with van der Waals surface area (Å²) in [6.45, 7) is 1.95. The maximum Gasteiger partial charge on any atom is 0.355 e. The van der Waals surface area contributed by atoms with Gasteiger partial charge in [0.2, 0.25) is 0 Å². The van der Waals surface area contributed by atoms with Crippen LogP contribution in [0.1, 0.15) is 56.7 Å². The van der Waals surface area contributed by atoms with Crippen molar-refractivity contribution in [1.82, 2.24) is 4.40 Å². The summed E-state index contributed by atoms with van der Waals surface area (Å²) in [7, 11) is 3.43. The third-order valence-corrected chi connectivity index (χ3v) is 5.04. The molecule has 0 fully saturated rings. The van der Waals surface area contributed by atoms with Crippen LogP contribution in [0.3, 0.4) is 0 Å². The number of pyridine rings is 1. The van der Waals surface area contributed by atoms with E-state index >= 15 is 4.39 Å². The van der Waals surface area contributed by atoms with Gasteiger partial charge in [-0.25, -0.2) is 18.8 Å². The van der Waals surface area contributed by atoms with E-state index in [1.54, 1.807) is 24.3 Å². The van der Waals surface area contributed by atoms with Gasteiger partial charge in [0, 0.05) is 10.8 Å². The lowest BCUT2D eigenvalue weighted by Gasteiger charge is -2.14. The molecule has 2 aromatic heterocycles. The molecule has 0 atom stereocenters. The number of carbonyl (C=O) groups excluding carboxylic acids is 3. The number of nitrogens with zero attached hydrogens (tertiary/aromatic N) is 1. The second-order valence-electron chi connectivity index (χ2n) is 6.67. The summed E-state index contributed by atoms with van der Waals surface area (Å²) < 4.78 is 31.5. The van der Waals surface area contributed by atoms with E-state index in [4.69, 9.17) is 14.2 Å². The van der Waals surface area contributed by atoms with Gasteiger partial charge in [0.15, 0.2) is 5.82 Å². The number of benzene rings is 1. The van der Waals surface area contributed by atoms with Crippen LogP contribution in [0.2, 0.25) is 0 Å². The smallest absolute Gasteiger partial charge is 0.355 e. The molecule has 0 radical (unpaired) electrons. The van der Waals surface area contributed by atoms with Gasteiger partial charge in [-0.15, -0.1) is 0 Å². The van der Waals surface area contributed by atoms with E-state index in [-0.39, 0.29) is 39.8 Å². The van der Waals surface area contributed by atoms with Crippen LogP contribution in [0.15, 0.2) is 24.3 Å². The summed E-state index contributed by atoms with van der Waals surface area (Å²) in [6.07, 6.45) is 1.68. The van der Waals surface area contributed by atoms with Crippen LogP contribution < -0.4 is 0 Å². The topological polar surface area (TPSA) is 83.3 Å². The van der Waals surface area contributed by atoms with Crippen LogP contribution in [-0.2, 0) is 20.6 Å². The summed E-state index contributed by atoms with van der Waals surface area (Å²) in [5, 5.41) is 0.627. The lowest BCUT2D eigenvalue weighted by atomic mass is 10.0. The van der Waals surface area contributed by atoms with Gasteiger partial charge in [0.1, 0.15) is 16.8 Å². The zero-order valence-corrected chi connectivity index (χ0v) is 17.2. The Morgan fingerprint density at radius 1 is 0.900 bits per heavy atom. The predicted octanol–water partition coefficient (Wildman–Crippen LogP) is 3.93. The summed E-state index contributed by atoms with van der Waals surface area (Å²) in [4.78, 5) is 38.2. The summed E-state index contributed by atoms with van der Waals surface area (Å²) in [5.41, 5.74) is -0.379. The zero-order chi connectivity index (χ0) is 22.0. The van der Waals surface area contributed by atoms with E-state index in [0.717, 1.165) is 27.8 Å². The van der Waals surface area contributed by atoms with E-state index in [1.165, 1.54) is 4.40 Å². The Kier molecular flexibility index (Phi) is 6.05. The number of methoxy groups -OCH3 is 3. The summed E-state index contributed by atoms with van der Waals surface area (Å²) >= 11 is 0. The van der Waals surface area contributed by atoms with Crippen molar-refractivity contribution < 1.29 is 33.0 Å². The van der Waals surface area contributed by atoms with Crippen molar-refractivity contribution in [1.29, 1.82) is 0 Å². The lowest BCUT2D eigenvalue weighted by Crippen LogP contribution is -2.16. The van der Waals surface area contributed by atoms with Crippen LogP contribution in [0.4, 0.5) is 4.39 Å². The minimum atomic E-state index is -0.926. The number of halogens is 1. The SMILES string of the molecule is CCCCc1c(F)c2ccccc2c2c(C(=O)OC)c(C(=O)OC)c(C(=O)OC)n12. The molecule has 30 heavy (non-hydrogen) atoms. The van der Waals surface area contributed by atoms with Crippen molar-refractivity contribution >= 4 is 34.2 Å². The van der Waals surface area contributed by atoms with Gasteiger partial charge >= 0.3 is 17.9 Å². The molecule has 0 amide bonds. The molecule has 1 aromatic carbocycles. The first kappa shape index (κ1) is 21.3. The van der Waals surface area contributed by atoms with Gasteiger partial charge in [0.05, 0.1) is 32.5 Å². The Balaban J connectivity index is 2.69. The molecule has 3 rings (SSSR count). The molecule has 0 saturated carbocycles. The Morgan fingerprint density at radius 3 is 2.03 bits per heavy atom.